The first-order valence-corrected chi connectivity index (χ1v) is 13.7. The van der Waals surface area contributed by atoms with Crippen LogP contribution in [-0.2, 0) is 32.0 Å². The maximum atomic E-state index is 13.6. The molecule has 8 N–H and O–H groups in total. The lowest BCUT2D eigenvalue weighted by Gasteiger charge is -2.24. The Morgan fingerprint density at radius 3 is 2.43 bits per heavy atom. The monoisotopic (exact) mass is 604 g/mol. The second-order valence-corrected chi connectivity index (χ2v) is 10.3. The fourth-order valence-electron chi connectivity index (χ4n) is 5.03. The van der Waals surface area contributed by atoms with E-state index in [1.54, 1.807) is 54.6 Å². The number of carbonyl (C=O) groups excluding carboxylic acids is 2. The van der Waals surface area contributed by atoms with Gasteiger partial charge in [-0.1, -0.05) is 42.5 Å². The number of aromatic nitrogens is 4. The molecule has 44 heavy (non-hydrogen) atoms. The van der Waals surface area contributed by atoms with Crippen molar-refractivity contribution >= 4 is 34.8 Å². The predicted molar refractivity (Wildman–Crippen MR) is 156 cm³/mol. The minimum Gasteiger partial charge on any atom is -0.497 e. The number of anilines is 1. The largest absolute Gasteiger partial charge is 0.497 e. The van der Waals surface area contributed by atoms with Crippen molar-refractivity contribution < 1.29 is 34.1 Å². The third-order valence-electron chi connectivity index (χ3n) is 7.35. The lowest BCUT2D eigenvalue weighted by Crippen LogP contribution is -2.57. The predicted octanol–water partition coefficient (Wildman–Crippen LogP) is -0.458. The van der Waals surface area contributed by atoms with Crippen molar-refractivity contribution in [3.63, 3.8) is 0 Å². The Morgan fingerprint density at radius 1 is 1.05 bits per heavy atom. The number of hydrogen-bond acceptors (Lipinski definition) is 11. The van der Waals surface area contributed by atoms with Gasteiger partial charge in [0.1, 0.15) is 29.7 Å². The van der Waals surface area contributed by atoms with Crippen LogP contribution in [0.5, 0.6) is 5.75 Å². The van der Waals surface area contributed by atoms with Crippen molar-refractivity contribution in [1.29, 1.82) is 0 Å². The average Bonchev–Trinajstić information content (AvgIpc) is 3.59. The normalized spacial score (nSPS) is 21.0. The lowest BCUT2D eigenvalue weighted by atomic mass is 10.0. The van der Waals surface area contributed by atoms with E-state index in [-0.39, 0.29) is 29.8 Å². The standard InChI is InChI=1S/C29H32N8O7/c1-43-17-9-7-16(8-10-17)11-18(30)26(39)36-20-22(38)28(37-14-34-21-24(31)32-13-33-25(21)37)44-23(20)27(40)35-19(29(41)42)12-15-5-3-2-4-6-15/h2-10,13-14,18-20,22-23,28,38H,11-12,30H2,1H3,(H,35,40)(H,36,39)(H,41,42)(H2,31,32,33)/t18-,19?,20-,22+,23-,28+/m0/s1. The number of nitrogens with zero attached hydrogens (tertiary/aromatic N) is 4. The summed E-state index contributed by atoms with van der Waals surface area (Å²) >= 11 is 0. The number of carbonyl (C=O) groups is 3. The van der Waals surface area contributed by atoms with Gasteiger partial charge in [0.05, 0.1) is 25.5 Å². The van der Waals surface area contributed by atoms with E-state index in [4.69, 9.17) is 20.9 Å². The zero-order valence-corrected chi connectivity index (χ0v) is 23.6. The molecule has 15 nitrogen and oxygen atoms in total. The first-order valence-electron chi connectivity index (χ1n) is 13.7. The van der Waals surface area contributed by atoms with Gasteiger partial charge in [0, 0.05) is 6.42 Å². The van der Waals surface area contributed by atoms with Gasteiger partial charge in [-0.25, -0.2) is 19.7 Å². The molecule has 0 spiro atoms. The van der Waals surface area contributed by atoms with Gasteiger partial charge in [-0.15, -0.1) is 0 Å². The summed E-state index contributed by atoms with van der Waals surface area (Å²) in [6, 6.07) is 12.1. The van der Waals surface area contributed by atoms with E-state index in [1.807, 2.05) is 0 Å². The Balaban J connectivity index is 1.39. The molecule has 5 rings (SSSR count). The number of methoxy groups -OCH3 is 1. The zero-order chi connectivity index (χ0) is 31.4. The van der Waals surface area contributed by atoms with Crippen molar-refractivity contribution in [3.8, 4) is 5.75 Å². The van der Waals surface area contributed by atoms with Crippen LogP contribution >= 0.6 is 0 Å². The number of hydrogen-bond donors (Lipinski definition) is 6. The molecule has 0 bridgehead atoms. The fraction of sp³-hybridized carbons (Fsp3) is 0.310. The van der Waals surface area contributed by atoms with Gasteiger partial charge in [0.25, 0.3) is 5.91 Å². The Morgan fingerprint density at radius 2 is 1.75 bits per heavy atom. The highest BCUT2D eigenvalue weighted by Crippen LogP contribution is 2.32. The molecule has 0 radical (unpaired) electrons. The number of aliphatic hydroxyl groups is 1. The van der Waals surface area contributed by atoms with E-state index in [0.717, 1.165) is 5.56 Å². The van der Waals surface area contributed by atoms with Crippen LogP contribution < -0.4 is 26.8 Å². The number of nitrogen functional groups attached to an aromatic ring is 1. The molecule has 1 fully saturated rings. The highest BCUT2D eigenvalue weighted by Gasteiger charge is 2.50. The van der Waals surface area contributed by atoms with Crippen molar-refractivity contribution in [3.05, 3.63) is 78.4 Å². The van der Waals surface area contributed by atoms with E-state index in [1.165, 1.54) is 24.3 Å². The molecule has 2 aromatic carbocycles. The van der Waals surface area contributed by atoms with Crippen LogP contribution in [0.4, 0.5) is 5.82 Å². The smallest absolute Gasteiger partial charge is 0.326 e. The van der Waals surface area contributed by atoms with Crippen LogP contribution in [0, 0.1) is 0 Å². The number of nitrogens with two attached hydrogens (primary N) is 2. The number of rotatable bonds is 11. The first kappa shape index (κ1) is 30.3. The lowest BCUT2D eigenvalue weighted by molar-refractivity contribution is -0.145. The third kappa shape index (κ3) is 6.44. The summed E-state index contributed by atoms with van der Waals surface area (Å²) in [5.74, 6) is -2.05. The Bertz CT molecular complexity index is 1630. The van der Waals surface area contributed by atoms with Crippen LogP contribution in [0.2, 0.25) is 0 Å². The van der Waals surface area contributed by atoms with Gasteiger partial charge in [0.2, 0.25) is 5.91 Å². The molecule has 15 heteroatoms. The number of benzene rings is 2. The van der Waals surface area contributed by atoms with E-state index in [0.29, 0.717) is 11.3 Å². The van der Waals surface area contributed by atoms with Crippen molar-refractivity contribution in [2.45, 2.75) is 49.4 Å². The molecule has 6 atom stereocenters. The van der Waals surface area contributed by atoms with Crippen molar-refractivity contribution in [1.82, 2.24) is 30.2 Å². The topological polar surface area (TPSA) is 230 Å². The Kier molecular flexibility index (Phi) is 8.99. The Hall–Kier alpha value is -5.12. The van der Waals surface area contributed by atoms with Crippen molar-refractivity contribution in [2.24, 2.45) is 5.73 Å². The van der Waals surface area contributed by atoms with Crippen LogP contribution in [0.15, 0.2) is 67.3 Å². The van der Waals surface area contributed by atoms with Gasteiger partial charge < -0.3 is 41.8 Å². The molecule has 1 aliphatic rings. The van der Waals surface area contributed by atoms with E-state index >= 15 is 0 Å². The first-order chi connectivity index (χ1) is 21.2. The van der Waals surface area contributed by atoms with E-state index < -0.39 is 54.3 Å². The summed E-state index contributed by atoms with van der Waals surface area (Å²) in [6.45, 7) is 0. The fourth-order valence-corrected chi connectivity index (χ4v) is 5.03. The summed E-state index contributed by atoms with van der Waals surface area (Å²) in [4.78, 5) is 51.1. The summed E-state index contributed by atoms with van der Waals surface area (Å²) in [7, 11) is 1.54. The maximum Gasteiger partial charge on any atom is 0.326 e. The zero-order valence-electron chi connectivity index (χ0n) is 23.6. The number of imidazole rings is 1. The quantitative estimate of drug-likeness (QED) is 0.128. The molecule has 0 saturated carbocycles. The van der Waals surface area contributed by atoms with Crippen LogP contribution in [-0.4, -0.2) is 85.0 Å². The molecule has 2 amide bonds. The van der Waals surface area contributed by atoms with Gasteiger partial charge in [-0.2, -0.15) is 0 Å². The van der Waals surface area contributed by atoms with Crippen molar-refractivity contribution in [2.75, 3.05) is 12.8 Å². The van der Waals surface area contributed by atoms with Gasteiger partial charge in [-0.3, -0.25) is 14.2 Å². The highest BCUT2D eigenvalue weighted by molar-refractivity contribution is 5.89. The van der Waals surface area contributed by atoms with Gasteiger partial charge in [0.15, 0.2) is 23.8 Å². The number of amides is 2. The summed E-state index contributed by atoms with van der Waals surface area (Å²) in [5.41, 5.74) is 14.0. The minimum atomic E-state index is -1.51. The summed E-state index contributed by atoms with van der Waals surface area (Å²) < 4.78 is 12.5. The number of aliphatic carboxylic acids is 1. The number of aliphatic hydroxyl groups excluding tert-OH is 1. The number of fused-ring (bicyclic) bond motifs is 1. The summed E-state index contributed by atoms with van der Waals surface area (Å²) in [6.07, 6.45) is -1.61. The molecule has 230 valence electrons. The van der Waals surface area contributed by atoms with Gasteiger partial charge >= 0.3 is 5.97 Å². The summed E-state index contributed by atoms with van der Waals surface area (Å²) in [5, 5.41) is 26.4. The Labute approximate surface area is 251 Å². The molecule has 1 aliphatic heterocycles. The molecular formula is C29H32N8O7. The molecule has 4 aromatic rings. The number of carboxylic acid groups (broad SMARTS) is 1. The van der Waals surface area contributed by atoms with Crippen LogP contribution in [0.3, 0.4) is 0 Å². The number of carboxylic acids is 1. The minimum absolute atomic E-state index is 0.00721. The average molecular weight is 605 g/mol. The molecule has 3 heterocycles. The van der Waals surface area contributed by atoms with E-state index in [2.05, 4.69) is 25.6 Å². The van der Waals surface area contributed by atoms with Crippen LogP contribution in [0.25, 0.3) is 11.2 Å². The highest BCUT2D eigenvalue weighted by atomic mass is 16.5. The van der Waals surface area contributed by atoms with E-state index in [9.17, 15) is 24.6 Å². The van der Waals surface area contributed by atoms with Crippen LogP contribution in [0.1, 0.15) is 17.4 Å². The third-order valence-corrected chi connectivity index (χ3v) is 7.35. The maximum absolute atomic E-state index is 13.6. The molecular weight excluding hydrogens is 572 g/mol. The number of nitrogens with one attached hydrogen (secondary N) is 2. The van der Waals surface area contributed by atoms with Gasteiger partial charge in [-0.05, 0) is 29.7 Å². The second-order valence-electron chi connectivity index (χ2n) is 10.3. The number of ether oxygens (including phenoxy) is 2. The molecule has 0 aliphatic carbocycles. The molecule has 2 aromatic heterocycles. The second kappa shape index (κ2) is 13.0. The molecule has 1 saturated heterocycles. The SMILES string of the molecule is COc1ccc(C[C@H](N)C(=O)N[C@H]2[C@@H](O)[C@H](n3cnc4c(N)ncnc43)O[C@@H]2C(=O)NC(Cc2ccccc2)C(=O)O)cc1. The molecule has 1 unspecified atom stereocenters.